The van der Waals surface area contributed by atoms with E-state index in [0.717, 1.165) is 50.2 Å². The summed E-state index contributed by atoms with van der Waals surface area (Å²) in [5.41, 5.74) is 9.15. The lowest BCUT2D eigenvalue weighted by atomic mass is 10.0. The Morgan fingerprint density at radius 1 is 1.40 bits per heavy atom. The van der Waals surface area contributed by atoms with Crippen molar-refractivity contribution in [1.82, 2.24) is 14.9 Å². The molecule has 5 nitrogen and oxygen atoms in total. The predicted molar refractivity (Wildman–Crippen MR) is 79.0 cm³/mol. The maximum Gasteiger partial charge on any atom is 0.130 e. The molecule has 1 fully saturated rings. The van der Waals surface area contributed by atoms with E-state index in [9.17, 15) is 5.11 Å². The third kappa shape index (κ3) is 2.43. The monoisotopic (exact) mass is 274 g/mol. The largest absolute Gasteiger partial charge is 0.391 e. The van der Waals surface area contributed by atoms with Gasteiger partial charge in [0.15, 0.2) is 0 Å². The Morgan fingerprint density at radius 3 is 3.05 bits per heavy atom. The average molecular weight is 274 g/mol. The minimum absolute atomic E-state index is 0.188. The van der Waals surface area contributed by atoms with Gasteiger partial charge in [-0.2, -0.15) is 0 Å². The highest BCUT2D eigenvalue weighted by Gasteiger charge is 2.31. The summed E-state index contributed by atoms with van der Waals surface area (Å²) in [6.45, 7) is 4.76. The zero-order valence-corrected chi connectivity index (χ0v) is 11.9. The van der Waals surface area contributed by atoms with Crippen molar-refractivity contribution in [2.24, 2.45) is 5.92 Å². The van der Waals surface area contributed by atoms with Crippen molar-refractivity contribution < 1.29 is 5.11 Å². The number of allylic oxidation sites excluding steroid dienone is 1. The molecular weight excluding hydrogens is 252 g/mol. The van der Waals surface area contributed by atoms with Crippen LogP contribution in [0.2, 0.25) is 0 Å². The Kier molecular flexibility index (Phi) is 3.72. The molecule has 2 heterocycles. The number of nitrogens with two attached hydrogens (primary N) is 1. The minimum Gasteiger partial charge on any atom is -0.391 e. The Bertz CT molecular complexity index is 529. The summed E-state index contributed by atoms with van der Waals surface area (Å²) in [4.78, 5) is 10.7. The first-order valence-corrected chi connectivity index (χ1v) is 7.38. The highest BCUT2D eigenvalue weighted by molar-refractivity contribution is 5.74. The molecular formula is C15H22N4O. The average Bonchev–Trinajstić information content (AvgIpc) is 2.97. The molecule has 1 aromatic heterocycles. The maximum atomic E-state index is 10.1. The first-order chi connectivity index (χ1) is 9.69. The number of hydrogen-bond donors (Lipinski definition) is 2. The summed E-state index contributed by atoms with van der Waals surface area (Å²) in [7, 11) is 0. The number of aliphatic hydroxyl groups is 1. The lowest BCUT2D eigenvalue weighted by Crippen LogP contribution is -2.24. The zero-order valence-electron chi connectivity index (χ0n) is 11.9. The SMILES string of the molecule is CCC[C@H]1CN(CC2=CCc3c(N)ncnc32)C[C@@H]1O. The first-order valence-electron chi connectivity index (χ1n) is 7.38. The van der Waals surface area contributed by atoms with Crippen molar-refractivity contribution in [3.8, 4) is 0 Å². The molecule has 1 aliphatic carbocycles. The predicted octanol–water partition coefficient (Wildman–Crippen LogP) is 1.09. The summed E-state index contributed by atoms with van der Waals surface area (Å²) >= 11 is 0. The van der Waals surface area contributed by atoms with Gasteiger partial charge in [-0.3, -0.25) is 4.90 Å². The number of fused-ring (bicyclic) bond motifs is 1. The van der Waals surface area contributed by atoms with Crippen LogP contribution in [0.5, 0.6) is 0 Å². The second-order valence-electron chi connectivity index (χ2n) is 5.83. The van der Waals surface area contributed by atoms with Crippen molar-refractivity contribution in [3.05, 3.63) is 23.7 Å². The van der Waals surface area contributed by atoms with Crippen molar-refractivity contribution in [2.75, 3.05) is 25.4 Å². The molecule has 2 atom stereocenters. The summed E-state index contributed by atoms with van der Waals surface area (Å²) in [6.07, 6.45) is 6.59. The summed E-state index contributed by atoms with van der Waals surface area (Å²) < 4.78 is 0. The second kappa shape index (κ2) is 5.50. The van der Waals surface area contributed by atoms with Crippen LogP contribution in [0.4, 0.5) is 5.82 Å². The van der Waals surface area contributed by atoms with E-state index < -0.39 is 0 Å². The fraction of sp³-hybridized carbons (Fsp3) is 0.600. The summed E-state index contributed by atoms with van der Waals surface area (Å²) in [5.74, 6) is 1.00. The number of nitrogen functional groups attached to an aromatic ring is 1. The van der Waals surface area contributed by atoms with Crippen LogP contribution in [0, 0.1) is 5.92 Å². The number of nitrogens with zero attached hydrogens (tertiary/aromatic N) is 3. The quantitative estimate of drug-likeness (QED) is 0.859. The summed E-state index contributed by atoms with van der Waals surface area (Å²) in [5, 5.41) is 10.1. The lowest BCUT2D eigenvalue weighted by Gasteiger charge is -2.16. The van der Waals surface area contributed by atoms with Crippen molar-refractivity contribution in [3.63, 3.8) is 0 Å². The fourth-order valence-corrected chi connectivity index (χ4v) is 3.33. The van der Waals surface area contributed by atoms with E-state index >= 15 is 0 Å². The molecule has 0 radical (unpaired) electrons. The zero-order chi connectivity index (χ0) is 14.1. The molecule has 2 aliphatic rings. The van der Waals surface area contributed by atoms with Crippen molar-refractivity contribution in [2.45, 2.75) is 32.3 Å². The molecule has 0 spiro atoms. The summed E-state index contributed by atoms with van der Waals surface area (Å²) in [6, 6.07) is 0. The first kappa shape index (κ1) is 13.5. The van der Waals surface area contributed by atoms with Gasteiger partial charge in [-0.25, -0.2) is 9.97 Å². The van der Waals surface area contributed by atoms with E-state index in [1.807, 2.05) is 0 Å². The van der Waals surface area contributed by atoms with Gasteiger partial charge in [0.1, 0.15) is 12.1 Å². The van der Waals surface area contributed by atoms with E-state index in [-0.39, 0.29) is 6.10 Å². The Hall–Kier alpha value is -1.46. The second-order valence-corrected chi connectivity index (χ2v) is 5.83. The molecule has 1 aliphatic heterocycles. The molecule has 3 N–H and O–H groups in total. The molecule has 0 unspecified atom stereocenters. The van der Waals surface area contributed by atoms with Crippen LogP contribution in [0.3, 0.4) is 0 Å². The number of anilines is 1. The van der Waals surface area contributed by atoms with E-state index in [0.29, 0.717) is 11.7 Å². The Balaban J connectivity index is 1.68. The molecule has 3 rings (SSSR count). The topological polar surface area (TPSA) is 75.3 Å². The van der Waals surface area contributed by atoms with Crippen LogP contribution in [-0.4, -0.2) is 45.7 Å². The number of likely N-dealkylation sites (tertiary alicyclic amines) is 1. The molecule has 1 saturated heterocycles. The van der Waals surface area contributed by atoms with Crippen molar-refractivity contribution >= 4 is 11.4 Å². The highest BCUT2D eigenvalue weighted by atomic mass is 16.3. The number of aliphatic hydroxyl groups excluding tert-OH is 1. The fourth-order valence-electron chi connectivity index (χ4n) is 3.33. The minimum atomic E-state index is -0.188. The van der Waals surface area contributed by atoms with Crippen LogP contribution in [0.15, 0.2) is 12.4 Å². The van der Waals surface area contributed by atoms with Gasteiger partial charge in [0.05, 0.1) is 11.8 Å². The number of aromatic nitrogens is 2. The van der Waals surface area contributed by atoms with Gasteiger partial charge in [-0.1, -0.05) is 19.4 Å². The number of hydrogen-bond acceptors (Lipinski definition) is 5. The standard InChI is InChI=1S/C15H22N4O/c1-2-3-10-6-19(8-13(10)20)7-11-4-5-12-14(11)17-9-18-15(12)16/h4,9-10,13,20H,2-3,5-8H2,1H3,(H2,16,17,18)/t10-,13-/m0/s1. The smallest absolute Gasteiger partial charge is 0.130 e. The van der Waals surface area contributed by atoms with Crippen LogP contribution < -0.4 is 5.73 Å². The third-order valence-corrected chi connectivity index (χ3v) is 4.37. The molecule has 0 bridgehead atoms. The Morgan fingerprint density at radius 2 is 2.25 bits per heavy atom. The molecule has 0 amide bonds. The Labute approximate surface area is 119 Å². The lowest BCUT2D eigenvalue weighted by molar-refractivity contribution is 0.138. The molecule has 1 aromatic rings. The van der Waals surface area contributed by atoms with Crippen LogP contribution in [0.1, 0.15) is 31.0 Å². The molecule has 5 heteroatoms. The normalized spacial score (nSPS) is 25.8. The molecule has 0 aromatic carbocycles. The number of β-amino-alcohol motifs (C(OH)–C–C–N with tert-alkyl or cyclic N) is 1. The van der Waals surface area contributed by atoms with Crippen molar-refractivity contribution in [1.29, 1.82) is 0 Å². The van der Waals surface area contributed by atoms with Gasteiger partial charge in [-0.05, 0) is 24.3 Å². The maximum absolute atomic E-state index is 10.1. The highest BCUT2D eigenvalue weighted by Crippen LogP contribution is 2.30. The van der Waals surface area contributed by atoms with Crippen LogP contribution in [-0.2, 0) is 6.42 Å². The van der Waals surface area contributed by atoms with Gasteiger partial charge in [0, 0.05) is 25.2 Å². The van der Waals surface area contributed by atoms with Gasteiger partial charge in [0.2, 0.25) is 0 Å². The van der Waals surface area contributed by atoms with Crippen LogP contribution >= 0.6 is 0 Å². The van der Waals surface area contributed by atoms with E-state index in [1.54, 1.807) is 0 Å². The van der Waals surface area contributed by atoms with Crippen LogP contribution in [0.25, 0.3) is 5.57 Å². The molecule has 20 heavy (non-hydrogen) atoms. The number of rotatable bonds is 4. The van der Waals surface area contributed by atoms with Gasteiger partial charge in [-0.15, -0.1) is 0 Å². The molecule has 108 valence electrons. The van der Waals surface area contributed by atoms with Gasteiger partial charge < -0.3 is 10.8 Å². The van der Waals surface area contributed by atoms with E-state index in [1.165, 1.54) is 11.9 Å². The third-order valence-electron chi connectivity index (χ3n) is 4.37. The van der Waals surface area contributed by atoms with E-state index in [2.05, 4.69) is 27.9 Å². The van der Waals surface area contributed by atoms with E-state index in [4.69, 9.17) is 5.73 Å². The molecule has 0 saturated carbocycles. The van der Waals surface area contributed by atoms with Gasteiger partial charge >= 0.3 is 0 Å². The van der Waals surface area contributed by atoms with Gasteiger partial charge in [0.25, 0.3) is 0 Å².